The van der Waals surface area contributed by atoms with Crippen molar-refractivity contribution in [2.24, 2.45) is 0 Å². The van der Waals surface area contributed by atoms with Crippen LogP contribution in [0.2, 0.25) is 0 Å². The molecule has 0 aliphatic rings. The van der Waals surface area contributed by atoms with Crippen LogP contribution in [0.3, 0.4) is 0 Å². The fraction of sp³-hybridized carbons (Fsp3) is 1.00. The zero-order valence-electron chi connectivity index (χ0n) is 7.65. The van der Waals surface area contributed by atoms with Crippen LogP contribution < -0.4 is 5.32 Å². The fourth-order valence-electron chi connectivity index (χ4n) is 0.670. The number of hydrogen-bond donors (Lipinski definition) is 1. The van der Waals surface area contributed by atoms with Gasteiger partial charge < -0.3 is 10.2 Å². The maximum Gasteiger partial charge on any atom is 0.0186 e. The predicted octanol–water partition coefficient (Wildman–Crippen LogP) is 0.936. The van der Waals surface area contributed by atoms with E-state index in [0.717, 1.165) is 13.1 Å². The molecule has 0 saturated heterocycles. The van der Waals surface area contributed by atoms with Gasteiger partial charge in [-0.15, -0.1) is 0 Å². The lowest BCUT2D eigenvalue weighted by Crippen LogP contribution is -2.35. The molecule has 0 amide bonds. The van der Waals surface area contributed by atoms with Crippen molar-refractivity contribution in [3.05, 3.63) is 0 Å². The van der Waals surface area contributed by atoms with Crippen LogP contribution in [0.4, 0.5) is 0 Å². The Balaban J connectivity index is 3.13. The minimum atomic E-state index is 0.645. The molecule has 0 aliphatic carbocycles. The summed E-state index contributed by atoms with van der Waals surface area (Å²) in [5, 5.41) is 3.37. The van der Waals surface area contributed by atoms with Crippen LogP contribution in [0, 0.1) is 0 Å². The standard InChI is InChI=1S/C8H20N2/c1-5-6-9-7-8(2)10(3)4/h8-9H,5-7H2,1-4H3. The second-order valence-electron chi connectivity index (χ2n) is 3.02. The van der Waals surface area contributed by atoms with Crippen LogP contribution in [0.1, 0.15) is 20.3 Å². The van der Waals surface area contributed by atoms with Gasteiger partial charge in [0.15, 0.2) is 0 Å². The topological polar surface area (TPSA) is 15.3 Å². The van der Waals surface area contributed by atoms with Gasteiger partial charge in [0.05, 0.1) is 0 Å². The van der Waals surface area contributed by atoms with Crippen molar-refractivity contribution < 1.29 is 0 Å². The van der Waals surface area contributed by atoms with E-state index in [2.05, 4.69) is 38.2 Å². The van der Waals surface area contributed by atoms with Crippen LogP contribution in [0.15, 0.2) is 0 Å². The Morgan fingerprint density at radius 3 is 2.40 bits per heavy atom. The molecule has 0 aliphatic heterocycles. The van der Waals surface area contributed by atoms with E-state index in [9.17, 15) is 0 Å². The van der Waals surface area contributed by atoms with E-state index in [1.54, 1.807) is 0 Å². The van der Waals surface area contributed by atoms with Gasteiger partial charge in [-0.25, -0.2) is 0 Å². The Hall–Kier alpha value is -0.0800. The average molecular weight is 144 g/mol. The minimum absolute atomic E-state index is 0.645. The van der Waals surface area contributed by atoms with Gasteiger partial charge in [0.1, 0.15) is 0 Å². The number of rotatable bonds is 5. The predicted molar refractivity (Wildman–Crippen MR) is 46.3 cm³/mol. The summed E-state index contributed by atoms with van der Waals surface area (Å²) in [5.74, 6) is 0. The smallest absolute Gasteiger partial charge is 0.0186 e. The normalized spacial score (nSPS) is 14.1. The Morgan fingerprint density at radius 2 is 2.00 bits per heavy atom. The Bertz CT molecular complexity index is 71.7. The Morgan fingerprint density at radius 1 is 1.40 bits per heavy atom. The lowest BCUT2D eigenvalue weighted by atomic mass is 10.3. The van der Waals surface area contributed by atoms with Gasteiger partial charge in [-0.3, -0.25) is 0 Å². The molecule has 1 N–H and O–H groups in total. The fourth-order valence-corrected chi connectivity index (χ4v) is 0.670. The van der Waals surface area contributed by atoms with Crippen molar-refractivity contribution in [1.29, 1.82) is 0 Å². The quantitative estimate of drug-likeness (QED) is 0.578. The van der Waals surface area contributed by atoms with Gasteiger partial charge in [-0.05, 0) is 34.0 Å². The van der Waals surface area contributed by atoms with Crippen molar-refractivity contribution in [3.63, 3.8) is 0 Å². The van der Waals surface area contributed by atoms with Gasteiger partial charge in [0, 0.05) is 12.6 Å². The summed E-state index contributed by atoms with van der Waals surface area (Å²) in [6.07, 6.45) is 1.22. The van der Waals surface area contributed by atoms with Crippen LogP contribution >= 0.6 is 0 Å². The minimum Gasteiger partial charge on any atom is -0.315 e. The molecule has 1 atom stereocenters. The summed E-state index contributed by atoms with van der Waals surface area (Å²) in [6, 6.07) is 0.645. The molecule has 0 heterocycles. The van der Waals surface area contributed by atoms with Gasteiger partial charge >= 0.3 is 0 Å². The third kappa shape index (κ3) is 4.77. The summed E-state index contributed by atoms with van der Waals surface area (Å²) in [5.41, 5.74) is 0. The van der Waals surface area contributed by atoms with Gasteiger partial charge in [-0.1, -0.05) is 6.92 Å². The first-order valence-electron chi connectivity index (χ1n) is 4.05. The highest BCUT2D eigenvalue weighted by molar-refractivity contribution is 4.61. The maximum absolute atomic E-state index is 3.37. The largest absolute Gasteiger partial charge is 0.315 e. The molecular weight excluding hydrogens is 124 g/mol. The van der Waals surface area contributed by atoms with E-state index >= 15 is 0 Å². The van der Waals surface area contributed by atoms with Crippen LogP contribution in [0.25, 0.3) is 0 Å². The molecule has 2 nitrogen and oxygen atoms in total. The monoisotopic (exact) mass is 144 g/mol. The maximum atomic E-state index is 3.37. The molecule has 0 spiro atoms. The lowest BCUT2D eigenvalue weighted by Gasteiger charge is -2.19. The first-order chi connectivity index (χ1) is 4.68. The zero-order chi connectivity index (χ0) is 7.98. The van der Waals surface area contributed by atoms with Crippen LogP contribution in [-0.2, 0) is 0 Å². The van der Waals surface area contributed by atoms with Gasteiger partial charge in [0.2, 0.25) is 0 Å². The summed E-state index contributed by atoms with van der Waals surface area (Å²) < 4.78 is 0. The van der Waals surface area contributed by atoms with Crippen molar-refractivity contribution in [1.82, 2.24) is 10.2 Å². The zero-order valence-corrected chi connectivity index (χ0v) is 7.65. The number of hydrogen-bond acceptors (Lipinski definition) is 2. The summed E-state index contributed by atoms with van der Waals surface area (Å²) in [7, 11) is 4.22. The molecule has 0 saturated carbocycles. The van der Waals surface area contributed by atoms with E-state index in [1.165, 1.54) is 6.42 Å². The molecular formula is C8H20N2. The average Bonchev–Trinajstić information content (AvgIpc) is 1.88. The second kappa shape index (κ2) is 5.69. The number of likely N-dealkylation sites (N-methyl/N-ethyl adjacent to an activating group) is 1. The highest BCUT2D eigenvalue weighted by atomic mass is 15.1. The van der Waals surface area contributed by atoms with Gasteiger partial charge in [-0.2, -0.15) is 0 Å². The molecule has 0 aromatic rings. The van der Waals surface area contributed by atoms with Gasteiger partial charge in [0.25, 0.3) is 0 Å². The summed E-state index contributed by atoms with van der Waals surface area (Å²) in [4.78, 5) is 2.22. The van der Waals surface area contributed by atoms with E-state index in [1.807, 2.05) is 0 Å². The molecule has 10 heavy (non-hydrogen) atoms. The Labute approximate surface area is 64.6 Å². The number of nitrogens with one attached hydrogen (secondary N) is 1. The molecule has 0 aromatic carbocycles. The molecule has 0 rings (SSSR count). The molecule has 62 valence electrons. The number of nitrogens with zero attached hydrogens (tertiary/aromatic N) is 1. The molecule has 0 bridgehead atoms. The van der Waals surface area contributed by atoms with E-state index in [0.29, 0.717) is 6.04 Å². The van der Waals surface area contributed by atoms with Crippen molar-refractivity contribution in [2.45, 2.75) is 26.3 Å². The summed E-state index contributed by atoms with van der Waals surface area (Å²) >= 11 is 0. The second-order valence-corrected chi connectivity index (χ2v) is 3.02. The van der Waals surface area contributed by atoms with Crippen molar-refractivity contribution in [2.75, 3.05) is 27.2 Å². The highest BCUT2D eigenvalue weighted by Gasteiger charge is 2.01. The van der Waals surface area contributed by atoms with E-state index in [4.69, 9.17) is 0 Å². The molecule has 1 unspecified atom stereocenters. The molecule has 0 radical (unpaired) electrons. The molecule has 0 fully saturated rings. The lowest BCUT2D eigenvalue weighted by molar-refractivity contribution is 0.303. The van der Waals surface area contributed by atoms with E-state index in [-0.39, 0.29) is 0 Å². The van der Waals surface area contributed by atoms with E-state index < -0.39 is 0 Å². The van der Waals surface area contributed by atoms with Crippen molar-refractivity contribution >= 4 is 0 Å². The Kier molecular flexibility index (Phi) is 5.64. The summed E-state index contributed by atoms with van der Waals surface area (Å²) in [6.45, 7) is 6.65. The third-order valence-corrected chi connectivity index (χ3v) is 1.75. The van der Waals surface area contributed by atoms with Crippen molar-refractivity contribution in [3.8, 4) is 0 Å². The SMILES string of the molecule is CCCNCC(C)N(C)C. The first kappa shape index (κ1) is 9.92. The first-order valence-corrected chi connectivity index (χ1v) is 4.05. The molecule has 2 heteroatoms. The van der Waals surface area contributed by atoms with Crippen LogP contribution in [0.5, 0.6) is 0 Å². The van der Waals surface area contributed by atoms with Crippen LogP contribution in [-0.4, -0.2) is 38.1 Å². The molecule has 0 aromatic heterocycles. The third-order valence-electron chi connectivity index (χ3n) is 1.75. The highest BCUT2D eigenvalue weighted by Crippen LogP contribution is 1.87.